The minimum atomic E-state index is -0.114. The van der Waals surface area contributed by atoms with Crippen LogP contribution in [-0.2, 0) is 22.5 Å². The summed E-state index contributed by atoms with van der Waals surface area (Å²) in [6.45, 7) is 5.46. The molecule has 0 bridgehead atoms. The summed E-state index contributed by atoms with van der Waals surface area (Å²) in [5.41, 5.74) is 4.87. The predicted octanol–water partition coefficient (Wildman–Crippen LogP) is 5.31. The van der Waals surface area contributed by atoms with Crippen LogP contribution in [0.15, 0.2) is 42.5 Å². The van der Waals surface area contributed by atoms with Crippen LogP contribution >= 0.6 is 0 Å². The van der Waals surface area contributed by atoms with E-state index in [0.29, 0.717) is 43.3 Å². The molecule has 4 rings (SSSR count). The van der Waals surface area contributed by atoms with Crippen LogP contribution in [0.2, 0.25) is 0 Å². The summed E-state index contributed by atoms with van der Waals surface area (Å²) >= 11 is 0. The first kappa shape index (κ1) is 25.2. The van der Waals surface area contributed by atoms with E-state index in [1.165, 1.54) is 36.8 Å². The molecule has 1 saturated carbocycles. The van der Waals surface area contributed by atoms with Gasteiger partial charge in [-0.2, -0.15) is 0 Å². The summed E-state index contributed by atoms with van der Waals surface area (Å²) in [5.74, 6) is 0.597. The van der Waals surface area contributed by atoms with Gasteiger partial charge in [0.05, 0.1) is 5.56 Å². The molecule has 0 atom stereocenters. The van der Waals surface area contributed by atoms with E-state index in [2.05, 4.69) is 39.8 Å². The fourth-order valence-electron chi connectivity index (χ4n) is 5.25. The molecule has 1 heterocycles. The molecular weight excluding hydrogens is 438 g/mol. The van der Waals surface area contributed by atoms with Gasteiger partial charge in [-0.15, -0.1) is 0 Å². The second-order valence-corrected chi connectivity index (χ2v) is 9.72. The van der Waals surface area contributed by atoms with Crippen LogP contribution in [0.5, 0.6) is 0 Å². The molecule has 2 aromatic rings. The quantitative estimate of drug-likeness (QED) is 0.430. The maximum Gasteiger partial charge on any atom is 0.253 e. The van der Waals surface area contributed by atoms with Crippen molar-refractivity contribution >= 4 is 23.2 Å². The molecule has 2 N–H and O–H groups in total. The smallest absolute Gasteiger partial charge is 0.253 e. The van der Waals surface area contributed by atoms with Gasteiger partial charge < -0.3 is 20.3 Å². The SMILES string of the molecule is CCOCCCNC(=O)c1cc(NC(=O)CCC2CCCC2)ccc1N1CCc2ccccc2C1. The minimum absolute atomic E-state index is 0.0274. The number of rotatable bonds is 11. The lowest BCUT2D eigenvalue weighted by atomic mass is 9.98. The van der Waals surface area contributed by atoms with Crippen LogP contribution in [0.4, 0.5) is 11.4 Å². The summed E-state index contributed by atoms with van der Waals surface area (Å²) < 4.78 is 5.39. The summed E-state index contributed by atoms with van der Waals surface area (Å²) in [6, 6.07) is 14.2. The first-order valence-electron chi connectivity index (χ1n) is 13.3. The largest absolute Gasteiger partial charge is 0.382 e. The number of benzene rings is 2. The van der Waals surface area contributed by atoms with Crippen molar-refractivity contribution in [2.75, 3.05) is 36.5 Å². The average Bonchev–Trinajstić information content (AvgIpc) is 3.41. The first-order valence-corrected chi connectivity index (χ1v) is 13.3. The minimum Gasteiger partial charge on any atom is -0.382 e. The van der Waals surface area contributed by atoms with Gasteiger partial charge in [-0.05, 0) is 61.4 Å². The van der Waals surface area contributed by atoms with Crippen molar-refractivity contribution < 1.29 is 14.3 Å². The Hall–Kier alpha value is -2.86. The third-order valence-corrected chi connectivity index (χ3v) is 7.21. The van der Waals surface area contributed by atoms with E-state index < -0.39 is 0 Å². The lowest BCUT2D eigenvalue weighted by Crippen LogP contribution is -2.33. The molecule has 0 spiro atoms. The molecular formula is C29H39N3O3. The fraction of sp³-hybridized carbons (Fsp3) is 0.517. The van der Waals surface area contributed by atoms with Crippen molar-refractivity contribution in [2.24, 2.45) is 5.92 Å². The molecule has 1 fully saturated rings. The van der Waals surface area contributed by atoms with Crippen LogP contribution in [0, 0.1) is 5.92 Å². The number of nitrogens with one attached hydrogen (secondary N) is 2. The molecule has 0 unspecified atom stereocenters. The Labute approximate surface area is 209 Å². The Morgan fingerprint density at radius 2 is 1.89 bits per heavy atom. The van der Waals surface area contributed by atoms with Gasteiger partial charge in [0.2, 0.25) is 5.91 Å². The summed E-state index contributed by atoms with van der Waals surface area (Å²) in [4.78, 5) is 28.1. The second kappa shape index (κ2) is 12.7. The Morgan fingerprint density at radius 1 is 1.09 bits per heavy atom. The van der Waals surface area contributed by atoms with Crippen molar-refractivity contribution in [1.82, 2.24) is 5.32 Å². The van der Waals surface area contributed by atoms with E-state index >= 15 is 0 Å². The number of hydrogen-bond donors (Lipinski definition) is 2. The zero-order chi connectivity index (χ0) is 24.5. The molecule has 0 aromatic heterocycles. The van der Waals surface area contributed by atoms with Gasteiger partial charge in [-0.25, -0.2) is 0 Å². The standard InChI is InChI=1S/C29H39N3O3/c1-2-35-19-7-17-30-29(34)26-20-25(31-28(33)15-12-22-8-3-4-9-22)13-14-27(26)32-18-16-23-10-5-6-11-24(23)21-32/h5-6,10-11,13-14,20,22H,2-4,7-9,12,15-19,21H2,1H3,(H,30,34)(H,31,33). The van der Waals surface area contributed by atoms with E-state index in [1.807, 2.05) is 25.1 Å². The van der Waals surface area contributed by atoms with Gasteiger partial charge in [-0.3, -0.25) is 9.59 Å². The molecule has 6 nitrogen and oxygen atoms in total. The van der Waals surface area contributed by atoms with Gasteiger partial charge >= 0.3 is 0 Å². The van der Waals surface area contributed by atoms with E-state index in [0.717, 1.165) is 38.0 Å². The van der Waals surface area contributed by atoms with Crippen LogP contribution < -0.4 is 15.5 Å². The van der Waals surface area contributed by atoms with Crippen molar-refractivity contribution in [3.63, 3.8) is 0 Å². The topological polar surface area (TPSA) is 70.7 Å². The van der Waals surface area contributed by atoms with Crippen molar-refractivity contribution in [3.8, 4) is 0 Å². The zero-order valence-corrected chi connectivity index (χ0v) is 21.0. The number of carbonyl (C=O) groups is 2. The number of carbonyl (C=O) groups excluding carboxylic acids is 2. The third kappa shape index (κ3) is 7.07. The van der Waals surface area contributed by atoms with Crippen molar-refractivity contribution in [2.45, 2.75) is 64.8 Å². The number of ether oxygens (including phenoxy) is 1. The molecule has 188 valence electrons. The Kier molecular flexibility index (Phi) is 9.18. The molecule has 2 amide bonds. The third-order valence-electron chi connectivity index (χ3n) is 7.21. The lowest BCUT2D eigenvalue weighted by molar-refractivity contribution is -0.116. The fourth-order valence-corrected chi connectivity index (χ4v) is 5.25. The van der Waals surface area contributed by atoms with E-state index in [1.54, 1.807) is 0 Å². The molecule has 0 radical (unpaired) electrons. The van der Waals surface area contributed by atoms with E-state index in [9.17, 15) is 9.59 Å². The number of nitrogens with zero attached hydrogens (tertiary/aromatic N) is 1. The van der Waals surface area contributed by atoms with Crippen LogP contribution in [0.1, 0.15) is 73.4 Å². The summed E-state index contributed by atoms with van der Waals surface area (Å²) in [7, 11) is 0. The van der Waals surface area contributed by atoms with Gasteiger partial charge in [0.25, 0.3) is 5.91 Å². The number of anilines is 2. The molecule has 1 aliphatic carbocycles. The highest BCUT2D eigenvalue weighted by molar-refractivity contribution is 6.02. The molecule has 2 aromatic carbocycles. The van der Waals surface area contributed by atoms with Gasteiger partial charge in [0.1, 0.15) is 0 Å². The lowest BCUT2D eigenvalue weighted by Gasteiger charge is -2.32. The number of hydrogen-bond acceptors (Lipinski definition) is 4. The highest BCUT2D eigenvalue weighted by atomic mass is 16.5. The highest BCUT2D eigenvalue weighted by Gasteiger charge is 2.22. The summed E-state index contributed by atoms with van der Waals surface area (Å²) in [6.07, 6.45) is 8.27. The van der Waals surface area contributed by atoms with Gasteiger partial charge in [0, 0.05) is 50.6 Å². The Balaban J connectivity index is 1.46. The normalized spacial score (nSPS) is 15.6. The molecule has 35 heavy (non-hydrogen) atoms. The molecule has 0 saturated heterocycles. The van der Waals surface area contributed by atoms with Crippen LogP contribution in [-0.4, -0.2) is 38.1 Å². The predicted molar refractivity (Wildman–Crippen MR) is 141 cm³/mol. The Bertz CT molecular complexity index is 1000. The van der Waals surface area contributed by atoms with Crippen molar-refractivity contribution in [1.29, 1.82) is 0 Å². The second-order valence-electron chi connectivity index (χ2n) is 9.72. The van der Waals surface area contributed by atoms with Crippen molar-refractivity contribution in [3.05, 3.63) is 59.2 Å². The molecule has 2 aliphatic rings. The van der Waals surface area contributed by atoms with E-state index in [4.69, 9.17) is 4.74 Å². The molecule has 6 heteroatoms. The number of amides is 2. The van der Waals surface area contributed by atoms with Crippen LogP contribution in [0.3, 0.4) is 0 Å². The van der Waals surface area contributed by atoms with Crippen LogP contribution in [0.25, 0.3) is 0 Å². The van der Waals surface area contributed by atoms with Gasteiger partial charge in [0.15, 0.2) is 0 Å². The monoisotopic (exact) mass is 477 g/mol. The maximum atomic E-state index is 13.2. The van der Waals surface area contributed by atoms with E-state index in [-0.39, 0.29) is 11.8 Å². The average molecular weight is 478 g/mol. The first-order chi connectivity index (χ1) is 17.1. The number of fused-ring (bicyclic) bond motifs is 1. The maximum absolute atomic E-state index is 13.2. The zero-order valence-electron chi connectivity index (χ0n) is 21.0. The highest BCUT2D eigenvalue weighted by Crippen LogP contribution is 2.31. The summed E-state index contributed by atoms with van der Waals surface area (Å²) in [5, 5.41) is 6.07. The van der Waals surface area contributed by atoms with Gasteiger partial charge in [-0.1, -0.05) is 49.9 Å². The molecule has 1 aliphatic heterocycles. The Morgan fingerprint density at radius 3 is 2.69 bits per heavy atom.